The van der Waals surface area contributed by atoms with E-state index in [0.29, 0.717) is 31.3 Å². The van der Waals surface area contributed by atoms with E-state index in [2.05, 4.69) is 11.8 Å². The highest BCUT2D eigenvalue weighted by Gasteiger charge is 2.29. The van der Waals surface area contributed by atoms with Crippen molar-refractivity contribution in [2.75, 3.05) is 57.9 Å². The summed E-state index contributed by atoms with van der Waals surface area (Å²) >= 11 is 0. The van der Waals surface area contributed by atoms with Crippen LogP contribution in [-0.2, 0) is 14.3 Å². The number of carbonyl (C=O) groups is 2. The number of nitrogens with zero attached hydrogens (tertiary/aromatic N) is 3. The van der Waals surface area contributed by atoms with Crippen molar-refractivity contribution in [3.05, 3.63) is 24.3 Å². The van der Waals surface area contributed by atoms with Gasteiger partial charge in [-0.3, -0.25) is 14.5 Å². The first-order valence-electron chi connectivity index (χ1n) is 9.63. The normalized spacial score (nSPS) is 19.9. The monoisotopic (exact) mass is 375 g/mol. The van der Waals surface area contributed by atoms with E-state index < -0.39 is 0 Å². The molecule has 27 heavy (non-hydrogen) atoms. The summed E-state index contributed by atoms with van der Waals surface area (Å²) in [7, 11) is 1.60. The predicted octanol–water partition coefficient (Wildman–Crippen LogP) is 1.37. The molecule has 2 aliphatic rings. The zero-order chi connectivity index (χ0) is 19.2. The fraction of sp³-hybridized carbons (Fsp3) is 0.600. The number of piperazine rings is 1. The van der Waals surface area contributed by atoms with Crippen molar-refractivity contribution in [2.24, 2.45) is 0 Å². The molecule has 0 unspecified atom stereocenters. The fourth-order valence-corrected chi connectivity index (χ4v) is 3.68. The van der Waals surface area contributed by atoms with E-state index in [1.807, 2.05) is 24.3 Å². The Labute approximate surface area is 160 Å². The molecule has 2 heterocycles. The Morgan fingerprint density at radius 1 is 1.19 bits per heavy atom. The number of methoxy groups -OCH3 is 1. The van der Waals surface area contributed by atoms with Gasteiger partial charge in [-0.1, -0.05) is 12.1 Å². The molecule has 7 nitrogen and oxygen atoms in total. The topological polar surface area (TPSA) is 62.3 Å². The molecule has 1 atom stereocenters. The van der Waals surface area contributed by atoms with Crippen LogP contribution in [0.15, 0.2) is 24.3 Å². The molecule has 2 amide bonds. The third kappa shape index (κ3) is 4.78. The Morgan fingerprint density at radius 3 is 2.63 bits per heavy atom. The number of rotatable bonds is 6. The molecule has 148 valence electrons. The molecule has 1 aromatic rings. The number of anilines is 1. The molecule has 2 saturated heterocycles. The molecule has 0 aromatic heterocycles. The van der Waals surface area contributed by atoms with Crippen LogP contribution in [0.4, 0.5) is 5.69 Å². The van der Waals surface area contributed by atoms with Crippen LogP contribution in [0, 0.1) is 0 Å². The predicted molar refractivity (Wildman–Crippen MR) is 103 cm³/mol. The van der Waals surface area contributed by atoms with Crippen molar-refractivity contribution in [1.82, 2.24) is 9.80 Å². The SMILES string of the molecule is COc1ccccc1N1CCN(C(=O)CC[C@H](C)N2CCOCC2)CC1=O. The maximum absolute atomic E-state index is 12.6. The van der Waals surface area contributed by atoms with E-state index >= 15 is 0 Å². The molecule has 7 heteroatoms. The Morgan fingerprint density at radius 2 is 1.93 bits per heavy atom. The van der Waals surface area contributed by atoms with E-state index in [9.17, 15) is 9.59 Å². The highest BCUT2D eigenvalue weighted by atomic mass is 16.5. The van der Waals surface area contributed by atoms with Gasteiger partial charge in [0.05, 0.1) is 26.0 Å². The smallest absolute Gasteiger partial charge is 0.246 e. The minimum atomic E-state index is -0.0691. The number of hydrogen-bond acceptors (Lipinski definition) is 5. The lowest BCUT2D eigenvalue weighted by Crippen LogP contribution is -2.52. The second-order valence-corrected chi connectivity index (χ2v) is 7.07. The minimum absolute atomic E-state index is 0.0585. The highest BCUT2D eigenvalue weighted by molar-refractivity contribution is 5.99. The molecule has 1 aromatic carbocycles. The standard InChI is InChI=1S/C20H29N3O4/c1-16(21-11-13-27-14-12-21)7-8-19(24)22-9-10-23(20(25)15-22)17-5-3-4-6-18(17)26-2/h3-6,16H,7-15H2,1-2H3/t16-/m0/s1. The second-order valence-electron chi connectivity index (χ2n) is 7.07. The van der Waals surface area contributed by atoms with E-state index in [4.69, 9.17) is 9.47 Å². The first kappa shape index (κ1) is 19.6. The minimum Gasteiger partial charge on any atom is -0.495 e. The number of carbonyl (C=O) groups excluding carboxylic acids is 2. The van der Waals surface area contributed by atoms with E-state index in [1.165, 1.54) is 0 Å². The quantitative estimate of drug-likeness (QED) is 0.752. The molecule has 0 radical (unpaired) electrons. The molecule has 3 rings (SSSR count). The van der Waals surface area contributed by atoms with Gasteiger partial charge in [-0.25, -0.2) is 0 Å². The number of amides is 2. The van der Waals surface area contributed by atoms with Crippen LogP contribution in [0.1, 0.15) is 19.8 Å². The first-order chi connectivity index (χ1) is 13.1. The summed E-state index contributed by atoms with van der Waals surface area (Å²) in [6.45, 7) is 6.69. The number of para-hydroxylation sites is 2. The van der Waals surface area contributed by atoms with Crippen LogP contribution >= 0.6 is 0 Å². The van der Waals surface area contributed by atoms with Gasteiger partial charge < -0.3 is 19.3 Å². The van der Waals surface area contributed by atoms with E-state index in [1.54, 1.807) is 16.9 Å². The molecule has 0 saturated carbocycles. The Bertz CT molecular complexity index is 660. The average molecular weight is 375 g/mol. The van der Waals surface area contributed by atoms with E-state index in [0.717, 1.165) is 38.4 Å². The highest BCUT2D eigenvalue weighted by Crippen LogP contribution is 2.29. The maximum atomic E-state index is 12.6. The molecule has 2 fully saturated rings. The van der Waals surface area contributed by atoms with Gasteiger partial charge in [0.25, 0.3) is 0 Å². The zero-order valence-electron chi connectivity index (χ0n) is 16.2. The Kier molecular flexibility index (Phi) is 6.68. The summed E-state index contributed by atoms with van der Waals surface area (Å²) in [4.78, 5) is 31.0. The van der Waals surface area contributed by atoms with Crippen molar-refractivity contribution in [3.8, 4) is 5.75 Å². The Hall–Kier alpha value is -2.12. The van der Waals surface area contributed by atoms with E-state index in [-0.39, 0.29) is 18.4 Å². The lowest BCUT2D eigenvalue weighted by atomic mass is 10.1. The van der Waals surface area contributed by atoms with Gasteiger partial charge in [0.15, 0.2) is 0 Å². The molecular formula is C20H29N3O4. The third-order valence-corrected chi connectivity index (χ3v) is 5.39. The van der Waals surface area contributed by atoms with Gasteiger partial charge in [-0.15, -0.1) is 0 Å². The second kappa shape index (κ2) is 9.19. The maximum Gasteiger partial charge on any atom is 0.246 e. The van der Waals surface area contributed by atoms with Crippen molar-refractivity contribution in [2.45, 2.75) is 25.8 Å². The molecule has 0 N–H and O–H groups in total. The van der Waals surface area contributed by atoms with Gasteiger partial charge in [0, 0.05) is 38.6 Å². The van der Waals surface area contributed by atoms with Crippen molar-refractivity contribution in [1.29, 1.82) is 0 Å². The number of morpholine rings is 1. The summed E-state index contributed by atoms with van der Waals surface area (Å²) in [5.74, 6) is 0.661. The molecule has 0 spiro atoms. The summed E-state index contributed by atoms with van der Waals surface area (Å²) in [6.07, 6.45) is 1.28. The fourth-order valence-electron chi connectivity index (χ4n) is 3.68. The third-order valence-electron chi connectivity index (χ3n) is 5.39. The molecule has 2 aliphatic heterocycles. The molecule has 0 aliphatic carbocycles. The van der Waals surface area contributed by atoms with Gasteiger partial charge in [0.1, 0.15) is 12.3 Å². The van der Waals surface area contributed by atoms with Crippen molar-refractivity contribution in [3.63, 3.8) is 0 Å². The number of hydrogen-bond donors (Lipinski definition) is 0. The van der Waals surface area contributed by atoms with Gasteiger partial charge >= 0.3 is 0 Å². The first-order valence-corrected chi connectivity index (χ1v) is 9.63. The van der Waals surface area contributed by atoms with Crippen LogP contribution in [0.25, 0.3) is 0 Å². The summed E-state index contributed by atoms with van der Waals surface area (Å²) in [6, 6.07) is 7.83. The van der Waals surface area contributed by atoms with Crippen LogP contribution < -0.4 is 9.64 Å². The summed E-state index contributed by atoms with van der Waals surface area (Å²) in [5, 5.41) is 0. The number of ether oxygens (including phenoxy) is 2. The van der Waals surface area contributed by atoms with Gasteiger partial charge in [-0.05, 0) is 25.5 Å². The lowest BCUT2D eigenvalue weighted by molar-refractivity contribution is -0.137. The Balaban J connectivity index is 1.51. The van der Waals surface area contributed by atoms with Crippen LogP contribution in [-0.4, -0.2) is 80.7 Å². The van der Waals surface area contributed by atoms with Crippen molar-refractivity contribution >= 4 is 17.5 Å². The molecular weight excluding hydrogens is 346 g/mol. The number of benzene rings is 1. The van der Waals surface area contributed by atoms with Gasteiger partial charge in [-0.2, -0.15) is 0 Å². The van der Waals surface area contributed by atoms with Crippen LogP contribution in [0.5, 0.6) is 5.75 Å². The molecule has 0 bridgehead atoms. The van der Waals surface area contributed by atoms with Gasteiger partial charge in [0.2, 0.25) is 11.8 Å². The summed E-state index contributed by atoms with van der Waals surface area (Å²) < 4.78 is 10.7. The summed E-state index contributed by atoms with van der Waals surface area (Å²) in [5.41, 5.74) is 0.762. The van der Waals surface area contributed by atoms with Crippen LogP contribution in [0.3, 0.4) is 0 Å². The average Bonchev–Trinajstić information content (AvgIpc) is 2.72. The zero-order valence-corrected chi connectivity index (χ0v) is 16.2. The largest absolute Gasteiger partial charge is 0.495 e. The van der Waals surface area contributed by atoms with Crippen molar-refractivity contribution < 1.29 is 19.1 Å². The van der Waals surface area contributed by atoms with Crippen LogP contribution in [0.2, 0.25) is 0 Å². The lowest BCUT2D eigenvalue weighted by Gasteiger charge is -2.36.